The highest BCUT2D eigenvalue weighted by Crippen LogP contribution is 2.30. The third-order valence-electron chi connectivity index (χ3n) is 1.69. The van der Waals surface area contributed by atoms with Gasteiger partial charge in [-0.15, -0.1) is 0 Å². The molecule has 1 N–H and O–H groups in total. The van der Waals surface area contributed by atoms with Crippen molar-refractivity contribution in [2.75, 3.05) is 6.61 Å². The number of hydrogen-bond acceptors (Lipinski definition) is 2. The molecular weight excluding hydrogens is 136 g/mol. The Balaban J connectivity index is 2.25. The van der Waals surface area contributed by atoms with Crippen LogP contribution in [-0.2, 0) is 10.8 Å². The van der Waals surface area contributed by atoms with Gasteiger partial charge in [-0.2, -0.15) is 0 Å². The highest BCUT2D eigenvalue weighted by Gasteiger charge is 2.45. The summed E-state index contributed by atoms with van der Waals surface area (Å²) in [5, 5.41) is 9.02. The molecule has 0 aliphatic carbocycles. The van der Waals surface area contributed by atoms with E-state index in [1.165, 1.54) is 0 Å². The van der Waals surface area contributed by atoms with Gasteiger partial charge in [-0.3, -0.25) is 4.21 Å². The first kappa shape index (κ1) is 7.22. The summed E-state index contributed by atoms with van der Waals surface area (Å²) in [4.78, 5) is 0. The van der Waals surface area contributed by atoms with E-state index in [9.17, 15) is 4.21 Å². The van der Waals surface area contributed by atoms with Crippen LogP contribution in [0.1, 0.15) is 19.8 Å². The van der Waals surface area contributed by atoms with Crippen LogP contribution in [0.4, 0.5) is 0 Å². The van der Waals surface area contributed by atoms with Gasteiger partial charge >= 0.3 is 0 Å². The van der Waals surface area contributed by atoms with Crippen LogP contribution < -0.4 is 0 Å². The number of rotatable bonds is 3. The summed E-state index contributed by atoms with van der Waals surface area (Å²) in [7, 11) is -0.687. The summed E-state index contributed by atoms with van der Waals surface area (Å²) in [5.41, 5.74) is 0. The summed E-state index contributed by atoms with van der Waals surface area (Å²) in [6.07, 6.45) is 2.09. The second kappa shape index (κ2) is 2.80. The molecule has 54 valence electrons. The predicted molar refractivity (Wildman–Crippen MR) is 37.7 cm³/mol. The number of aliphatic hydroxyl groups excluding tert-OH is 1. The quantitative estimate of drug-likeness (QED) is 0.584. The molecule has 0 radical (unpaired) electrons. The van der Waals surface area contributed by atoms with E-state index in [1.807, 2.05) is 0 Å². The fourth-order valence-electron chi connectivity index (χ4n) is 1.06. The predicted octanol–water partition coefficient (Wildman–Crippen LogP) is 0.278. The van der Waals surface area contributed by atoms with Crippen molar-refractivity contribution in [3.8, 4) is 0 Å². The van der Waals surface area contributed by atoms with Crippen molar-refractivity contribution >= 4 is 10.8 Å². The van der Waals surface area contributed by atoms with Crippen molar-refractivity contribution in [2.24, 2.45) is 0 Å². The lowest BCUT2D eigenvalue weighted by Gasteiger charge is -1.85. The molecule has 1 unspecified atom stereocenters. The molecule has 3 atom stereocenters. The van der Waals surface area contributed by atoms with E-state index >= 15 is 0 Å². The van der Waals surface area contributed by atoms with Gasteiger partial charge in [-0.1, -0.05) is 13.3 Å². The molecule has 2 nitrogen and oxygen atoms in total. The van der Waals surface area contributed by atoms with E-state index in [-0.39, 0.29) is 11.9 Å². The molecule has 9 heavy (non-hydrogen) atoms. The molecule has 0 aromatic heterocycles. The summed E-state index contributed by atoms with van der Waals surface area (Å²) >= 11 is 0. The molecule has 0 aromatic carbocycles. The average Bonchev–Trinajstić information content (AvgIpc) is 2.44. The van der Waals surface area contributed by atoms with E-state index in [4.69, 9.17) is 5.11 Å². The smallest absolute Gasteiger partial charge is 0.0725 e. The molecule has 0 bridgehead atoms. The zero-order valence-electron chi connectivity index (χ0n) is 5.54. The number of aliphatic hydroxyl groups is 1. The van der Waals surface area contributed by atoms with Gasteiger partial charge in [0.2, 0.25) is 0 Å². The third kappa shape index (κ3) is 1.33. The highest BCUT2D eigenvalue weighted by molar-refractivity contribution is 7.93. The molecule has 1 fully saturated rings. The standard InChI is InChI=1S/C6H12O2S/c1-2-3-5-6(4-7)9(5)8/h5-7H,2-4H2,1H3/t5-,6+,9?/m0/s1. The maximum absolute atomic E-state index is 10.8. The molecule has 1 aliphatic rings. The Kier molecular flexibility index (Phi) is 2.24. The lowest BCUT2D eigenvalue weighted by Crippen LogP contribution is -1.97. The summed E-state index contributed by atoms with van der Waals surface area (Å²) < 4.78 is 10.8. The van der Waals surface area contributed by atoms with Gasteiger partial charge in [-0.25, -0.2) is 0 Å². The monoisotopic (exact) mass is 148 g/mol. The zero-order chi connectivity index (χ0) is 6.85. The Labute approximate surface area is 57.7 Å². The fraction of sp³-hybridized carbons (Fsp3) is 1.00. The van der Waals surface area contributed by atoms with Gasteiger partial charge in [0.05, 0.1) is 17.1 Å². The van der Waals surface area contributed by atoms with Crippen molar-refractivity contribution in [1.29, 1.82) is 0 Å². The van der Waals surface area contributed by atoms with Gasteiger partial charge in [0.25, 0.3) is 0 Å². The summed E-state index contributed by atoms with van der Waals surface area (Å²) in [5.74, 6) is 0. The van der Waals surface area contributed by atoms with E-state index in [0.717, 1.165) is 12.8 Å². The molecule has 0 amide bonds. The van der Waals surface area contributed by atoms with Crippen LogP contribution in [0.25, 0.3) is 0 Å². The topological polar surface area (TPSA) is 37.3 Å². The Bertz CT molecular complexity index is 124. The van der Waals surface area contributed by atoms with E-state index < -0.39 is 10.8 Å². The summed E-state index contributed by atoms with van der Waals surface area (Å²) in [6, 6.07) is 0. The molecular formula is C6H12O2S. The SMILES string of the molecule is CCC[C@H]1[C@@H](CO)S1=O. The minimum absolute atomic E-state index is 0.108. The Hall–Kier alpha value is 0.110. The molecule has 1 aliphatic heterocycles. The second-order valence-corrected chi connectivity index (χ2v) is 4.24. The molecule has 0 saturated carbocycles. The summed E-state index contributed by atoms with van der Waals surface area (Å²) in [6.45, 7) is 2.18. The first-order valence-electron chi connectivity index (χ1n) is 3.31. The van der Waals surface area contributed by atoms with Gasteiger partial charge in [-0.05, 0) is 6.42 Å². The van der Waals surface area contributed by atoms with Crippen LogP contribution in [0.2, 0.25) is 0 Å². The van der Waals surface area contributed by atoms with Crippen LogP contribution in [0, 0.1) is 0 Å². The van der Waals surface area contributed by atoms with Crippen molar-refractivity contribution in [3.05, 3.63) is 0 Å². The maximum Gasteiger partial charge on any atom is 0.0725 e. The maximum atomic E-state index is 10.8. The second-order valence-electron chi connectivity index (χ2n) is 2.38. The number of hydrogen-bond donors (Lipinski definition) is 1. The van der Waals surface area contributed by atoms with Gasteiger partial charge in [0.15, 0.2) is 0 Å². The normalized spacial score (nSPS) is 40.9. The molecule has 1 rings (SSSR count). The van der Waals surface area contributed by atoms with Crippen molar-refractivity contribution < 1.29 is 9.32 Å². The Morgan fingerprint density at radius 1 is 1.56 bits per heavy atom. The van der Waals surface area contributed by atoms with Crippen molar-refractivity contribution in [2.45, 2.75) is 30.3 Å². The molecule has 0 aromatic rings. The lowest BCUT2D eigenvalue weighted by molar-refractivity contribution is 0.301. The lowest BCUT2D eigenvalue weighted by atomic mass is 10.2. The minimum atomic E-state index is -0.687. The first-order chi connectivity index (χ1) is 4.31. The van der Waals surface area contributed by atoms with E-state index in [0.29, 0.717) is 5.25 Å². The zero-order valence-corrected chi connectivity index (χ0v) is 6.36. The van der Waals surface area contributed by atoms with Gasteiger partial charge in [0.1, 0.15) is 0 Å². The minimum Gasteiger partial charge on any atom is -0.395 e. The van der Waals surface area contributed by atoms with Crippen LogP contribution in [-0.4, -0.2) is 26.4 Å². The molecule has 3 heteroatoms. The molecule has 0 spiro atoms. The molecule has 1 saturated heterocycles. The molecule has 1 heterocycles. The first-order valence-corrected chi connectivity index (χ1v) is 4.59. The average molecular weight is 148 g/mol. The Morgan fingerprint density at radius 2 is 2.22 bits per heavy atom. The highest BCUT2D eigenvalue weighted by atomic mass is 32.2. The largest absolute Gasteiger partial charge is 0.395 e. The third-order valence-corrected chi connectivity index (χ3v) is 3.61. The van der Waals surface area contributed by atoms with Crippen molar-refractivity contribution in [3.63, 3.8) is 0 Å². The Morgan fingerprint density at radius 3 is 2.56 bits per heavy atom. The van der Waals surface area contributed by atoms with E-state index in [2.05, 4.69) is 6.92 Å². The van der Waals surface area contributed by atoms with E-state index in [1.54, 1.807) is 0 Å². The van der Waals surface area contributed by atoms with Gasteiger partial charge in [0, 0.05) is 10.8 Å². The van der Waals surface area contributed by atoms with Crippen LogP contribution >= 0.6 is 0 Å². The fourth-order valence-corrected chi connectivity index (χ4v) is 2.59. The van der Waals surface area contributed by atoms with Crippen LogP contribution in [0.5, 0.6) is 0 Å². The van der Waals surface area contributed by atoms with Crippen LogP contribution in [0.3, 0.4) is 0 Å². The van der Waals surface area contributed by atoms with Crippen LogP contribution in [0.15, 0.2) is 0 Å². The van der Waals surface area contributed by atoms with Crippen molar-refractivity contribution in [1.82, 2.24) is 0 Å². The van der Waals surface area contributed by atoms with Gasteiger partial charge < -0.3 is 5.11 Å².